The first-order valence-electron chi connectivity index (χ1n) is 5.13. The largest absolute Gasteiger partial charge is 0.396 e. The maximum absolute atomic E-state index is 13.4. The van der Waals surface area contributed by atoms with Crippen molar-refractivity contribution in [2.75, 3.05) is 16.8 Å². The monoisotopic (exact) mass is 290 g/mol. The van der Waals surface area contributed by atoms with Crippen molar-refractivity contribution in [2.24, 2.45) is 0 Å². The molecule has 0 aliphatic rings. The molecule has 4 nitrogen and oxygen atoms in total. The van der Waals surface area contributed by atoms with E-state index in [4.69, 9.17) is 11.5 Å². The van der Waals surface area contributed by atoms with Gasteiger partial charge >= 0.3 is 0 Å². The van der Waals surface area contributed by atoms with E-state index in [2.05, 4.69) is 4.98 Å². The number of rotatable bonds is 2. The van der Waals surface area contributed by atoms with Crippen LogP contribution in [-0.2, 0) is 0 Å². The molecule has 0 saturated carbocycles. The molecule has 0 aliphatic carbocycles. The Morgan fingerprint density at radius 1 is 0.800 bits per heavy atom. The maximum Gasteiger partial charge on any atom is 0.200 e. The molecule has 0 fully saturated rings. The highest BCUT2D eigenvalue weighted by molar-refractivity contribution is 5.65. The minimum Gasteiger partial charge on any atom is -0.396 e. The molecule has 0 amide bonds. The fourth-order valence-electron chi connectivity index (χ4n) is 1.40. The summed E-state index contributed by atoms with van der Waals surface area (Å²) < 4.78 is 65.6. The van der Waals surface area contributed by atoms with Gasteiger partial charge in [0.2, 0.25) is 5.82 Å². The Bertz CT molecular complexity index is 660. The summed E-state index contributed by atoms with van der Waals surface area (Å²) in [5.74, 6) is -10.7. The molecular formula is C11H7F5N4. The highest BCUT2D eigenvalue weighted by atomic mass is 19.2. The van der Waals surface area contributed by atoms with Crippen LogP contribution < -0.4 is 16.8 Å². The number of nitrogens with one attached hydrogen (secondary N) is 1. The minimum absolute atomic E-state index is 0.105. The summed E-state index contributed by atoms with van der Waals surface area (Å²) in [4.78, 5) is 3.60. The van der Waals surface area contributed by atoms with Crippen LogP contribution in [0.1, 0.15) is 0 Å². The van der Waals surface area contributed by atoms with Gasteiger partial charge in [0.25, 0.3) is 0 Å². The number of hydrogen-bond acceptors (Lipinski definition) is 4. The maximum atomic E-state index is 13.4. The number of pyridine rings is 1. The van der Waals surface area contributed by atoms with Gasteiger partial charge in [0.05, 0.1) is 5.69 Å². The van der Waals surface area contributed by atoms with Gasteiger partial charge in [-0.15, -0.1) is 0 Å². The van der Waals surface area contributed by atoms with E-state index in [0.717, 1.165) is 0 Å². The summed E-state index contributed by atoms with van der Waals surface area (Å²) in [5, 5.41) is 1.97. The molecule has 20 heavy (non-hydrogen) atoms. The second kappa shape index (κ2) is 4.83. The first-order valence-corrected chi connectivity index (χ1v) is 5.13. The van der Waals surface area contributed by atoms with Crippen LogP contribution in [0.3, 0.4) is 0 Å². The number of nitrogens with two attached hydrogens (primary N) is 2. The van der Waals surface area contributed by atoms with Gasteiger partial charge in [0.15, 0.2) is 23.3 Å². The molecule has 1 aromatic carbocycles. The Kier molecular flexibility index (Phi) is 3.35. The van der Waals surface area contributed by atoms with E-state index in [0.29, 0.717) is 0 Å². The smallest absolute Gasteiger partial charge is 0.200 e. The fraction of sp³-hybridized carbons (Fsp3) is 0. The van der Waals surface area contributed by atoms with Crippen LogP contribution in [0.15, 0.2) is 12.1 Å². The summed E-state index contributed by atoms with van der Waals surface area (Å²) in [6.07, 6.45) is 0. The number of benzene rings is 1. The highest BCUT2D eigenvalue weighted by Crippen LogP contribution is 2.29. The lowest BCUT2D eigenvalue weighted by Crippen LogP contribution is -2.08. The normalized spacial score (nSPS) is 10.7. The lowest BCUT2D eigenvalue weighted by atomic mass is 10.2. The number of hydrogen-bond donors (Lipinski definition) is 3. The summed E-state index contributed by atoms with van der Waals surface area (Å²) in [6, 6.07) is 2.43. The van der Waals surface area contributed by atoms with Gasteiger partial charge in [0, 0.05) is 0 Å². The molecule has 0 spiro atoms. The second-order valence-electron chi connectivity index (χ2n) is 3.74. The van der Waals surface area contributed by atoms with Crippen molar-refractivity contribution >= 4 is 23.0 Å². The third kappa shape index (κ3) is 2.17. The van der Waals surface area contributed by atoms with E-state index in [9.17, 15) is 22.0 Å². The highest BCUT2D eigenvalue weighted by Gasteiger charge is 2.26. The Morgan fingerprint density at radius 3 is 1.80 bits per heavy atom. The predicted octanol–water partition coefficient (Wildman–Crippen LogP) is 2.69. The molecule has 0 unspecified atom stereocenters. The van der Waals surface area contributed by atoms with Crippen molar-refractivity contribution < 1.29 is 22.0 Å². The van der Waals surface area contributed by atoms with Crippen LogP contribution in [0, 0.1) is 29.1 Å². The summed E-state index contributed by atoms with van der Waals surface area (Å²) in [7, 11) is 0. The van der Waals surface area contributed by atoms with Crippen molar-refractivity contribution in [3.63, 3.8) is 0 Å². The lowest BCUT2D eigenvalue weighted by Gasteiger charge is -2.11. The third-order valence-electron chi connectivity index (χ3n) is 2.42. The average molecular weight is 290 g/mol. The van der Waals surface area contributed by atoms with Gasteiger partial charge < -0.3 is 16.8 Å². The van der Waals surface area contributed by atoms with E-state index < -0.39 is 34.8 Å². The van der Waals surface area contributed by atoms with Gasteiger partial charge in [0.1, 0.15) is 17.3 Å². The van der Waals surface area contributed by atoms with Gasteiger partial charge in [-0.3, -0.25) is 0 Å². The zero-order valence-electron chi connectivity index (χ0n) is 9.65. The van der Waals surface area contributed by atoms with E-state index in [1.54, 1.807) is 0 Å². The number of nitrogen functional groups attached to an aromatic ring is 2. The number of nitrogens with zero attached hydrogens (tertiary/aromatic N) is 1. The zero-order chi connectivity index (χ0) is 15.0. The van der Waals surface area contributed by atoms with Crippen molar-refractivity contribution in [2.45, 2.75) is 0 Å². The van der Waals surface area contributed by atoms with Crippen LogP contribution in [0.5, 0.6) is 0 Å². The summed E-state index contributed by atoms with van der Waals surface area (Å²) in [6.45, 7) is 0. The second-order valence-corrected chi connectivity index (χ2v) is 3.74. The molecule has 0 bridgehead atoms. The molecule has 1 aromatic heterocycles. The molecular weight excluding hydrogens is 283 g/mol. The lowest BCUT2D eigenvalue weighted by molar-refractivity contribution is 0.382. The summed E-state index contributed by atoms with van der Waals surface area (Å²) >= 11 is 0. The van der Waals surface area contributed by atoms with Crippen LogP contribution in [0.2, 0.25) is 0 Å². The van der Waals surface area contributed by atoms with Crippen LogP contribution in [-0.4, -0.2) is 4.98 Å². The zero-order valence-corrected chi connectivity index (χ0v) is 9.65. The molecule has 0 radical (unpaired) electrons. The third-order valence-corrected chi connectivity index (χ3v) is 2.42. The van der Waals surface area contributed by atoms with Gasteiger partial charge in [-0.25, -0.2) is 26.9 Å². The van der Waals surface area contributed by atoms with E-state index in [1.165, 1.54) is 12.1 Å². The van der Waals surface area contributed by atoms with Crippen molar-refractivity contribution in [3.8, 4) is 0 Å². The molecule has 0 saturated heterocycles. The standard InChI is InChI=1S/C11H7F5N4/c12-5-6(13)8(15)10(9(16)7(5)14)19-4-2-1-3(17)11(18)20-4/h1-2H,17H2,(H3,18,19,20). The van der Waals surface area contributed by atoms with Crippen LogP contribution >= 0.6 is 0 Å². The van der Waals surface area contributed by atoms with E-state index >= 15 is 0 Å². The number of halogens is 5. The van der Waals surface area contributed by atoms with Crippen LogP contribution in [0.4, 0.5) is 45.0 Å². The first-order chi connectivity index (χ1) is 9.32. The van der Waals surface area contributed by atoms with E-state index in [-0.39, 0.29) is 17.3 Å². The van der Waals surface area contributed by atoms with Gasteiger partial charge in [-0.2, -0.15) is 0 Å². The molecule has 0 atom stereocenters. The van der Waals surface area contributed by atoms with Gasteiger partial charge in [-0.05, 0) is 12.1 Å². The van der Waals surface area contributed by atoms with Crippen molar-refractivity contribution in [3.05, 3.63) is 41.2 Å². The Labute approximate surface area is 109 Å². The van der Waals surface area contributed by atoms with E-state index in [1.807, 2.05) is 5.32 Å². The fourth-order valence-corrected chi connectivity index (χ4v) is 1.40. The van der Waals surface area contributed by atoms with Crippen molar-refractivity contribution in [1.82, 2.24) is 4.98 Å². The Morgan fingerprint density at radius 2 is 1.30 bits per heavy atom. The molecule has 0 aliphatic heterocycles. The molecule has 9 heteroatoms. The minimum atomic E-state index is -2.24. The average Bonchev–Trinajstić information content (AvgIpc) is 2.43. The predicted molar refractivity (Wildman–Crippen MR) is 62.6 cm³/mol. The number of aromatic nitrogens is 1. The Balaban J connectivity index is 2.51. The molecule has 1 heterocycles. The first kappa shape index (κ1) is 13.8. The molecule has 2 aromatic rings. The van der Waals surface area contributed by atoms with Gasteiger partial charge in [-0.1, -0.05) is 0 Å². The van der Waals surface area contributed by atoms with Crippen LogP contribution in [0.25, 0.3) is 0 Å². The topological polar surface area (TPSA) is 77.0 Å². The molecule has 5 N–H and O–H groups in total. The SMILES string of the molecule is Nc1ccc(Nc2c(F)c(F)c(F)c(F)c2F)nc1N. The quantitative estimate of drug-likeness (QED) is 0.451. The molecule has 2 rings (SSSR count). The Hall–Kier alpha value is -2.58. The molecule has 106 valence electrons. The number of anilines is 4. The summed E-state index contributed by atoms with van der Waals surface area (Å²) in [5.41, 5.74) is 9.62. The van der Waals surface area contributed by atoms with Crippen molar-refractivity contribution in [1.29, 1.82) is 0 Å².